The number of nitrogens with zero attached hydrogens (tertiary/aromatic N) is 2. The quantitative estimate of drug-likeness (QED) is 0.257. The summed E-state index contributed by atoms with van der Waals surface area (Å²) in [5.74, 6) is 1.61. The summed E-state index contributed by atoms with van der Waals surface area (Å²) in [5, 5.41) is 3.32. The zero-order valence-corrected chi connectivity index (χ0v) is 22.6. The number of aliphatic imine (C=N–C) groups is 1. The van der Waals surface area contributed by atoms with Crippen molar-refractivity contribution in [2.24, 2.45) is 4.99 Å². The highest BCUT2D eigenvalue weighted by atomic mass is 127. The van der Waals surface area contributed by atoms with Gasteiger partial charge in [0, 0.05) is 31.7 Å². The molecule has 0 spiro atoms. The average molecular weight is 575 g/mol. The maximum Gasteiger partial charge on any atom is 0.216 e. The molecule has 9 heteroatoms. The van der Waals surface area contributed by atoms with Crippen LogP contribution in [0.5, 0.6) is 5.75 Å². The Morgan fingerprint density at radius 1 is 1.09 bits per heavy atom. The van der Waals surface area contributed by atoms with Crippen LogP contribution < -0.4 is 14.8 Å². The van der Waals surface area contributed by atoms with E-state index >= 15 is 0 Å². The van der Waals surface area contributed by atoms with Crippen molar-refractivity contribution in [3.05, 3.63) is 65.2 Å². The second-order valence-corrected chi connectivity index (χ2v) is 9.44. The monoisotopic (exact) mass is 574 g/mol. The van der Waals surface area contributed by atoms with Crippen LogP contribution in [0, 0.1) is 0 Å². The summed E-state index contributed by atoms with van der Waals surface area (Å²) >= 11 is 0. The van der Waals surface area contributed by atoms with Crippen molar-refractivity contribution < 1.29 is 13.2 Å². The molecule has 0 bridgehead atoms. The van der Waals surface area contributed by atoms with Gasteiger partial charge in [-0.1, -0.05) is 42.5 Å². The molecule has 0 aromatic heterocycles. The fourth-order valence-corrected chi connectivity index (χ4v) is 4.59. The van der Waals surface area contributed by atoms with Crippen molar-refractivity contribution in [1.82, 2.24) is 14.9 Å². The molecule has 0 unspecified atom stereocenters. The summed E-state index contributed by atoms with van der Waals surface area (Å²) < 4.78 is 32.2. The molecule has 0 fully saturated rings. The molecule has 0 aliphatic rings. The fourth-order valence-electron chi connectivity index (χ4n) is 3.16. The van der Waals surface area contributed by atoms with Gasteiger partial charge in [0.1, 0.15) is 5.75 Å². The Balaban J connectivity index is 0.00000512. The van der Waals surface area contributed by atoms with Crippen molar-refractivity contribution in [3.8, 4) is 5.75 Å². The van der Waals surface area contributed by atoms with E-state index in [0.29, 0.717) is 13.1 Å². The number of hydrogen-bond acceptors (Lipinski definition) is 4. The minimum Gasteiger partial charge on any atom is -0.496 e. The van der Waals surface area contributed by atoms with Crippen LogP contribution >= 0.6 is 24.0 Å². The first-order valence-electron chi connectivity index (χ1n) is 10.4. The van der Waals surface area contributed by atoms with Crippen molar-refractivity contribution in [2.75, 3.05) is 20.7 Å². The van der Waals surface area contributed by atoms with E-state index in [-0.39, 0.29) is 35.8 Å². The summed E-state index contributed by atoms with van der Waals surface area (Å²) in [6.07, 6.45) is 0. The molecule has 0 saturated heterocycles. The number of nitrogens with one attached hydrogen (secondary N) is 2. The van der Waals surface area contributed by atoms with Crippen molar-refractivity contribution >= 4 is 40.0 Å². The molecule has 0 amide bonds. The second-order valence-electron chi connectivity index (χ2n) is 7.69. The first-order chi connectivity index (χ1) is 14.7. The summed E-state index contributed by atoms with van der Waals surface area (Å²) in [5.41, 5.74) is 2.85. The zero-order valence-electron chi connectivity index (χ0n) is 19.5. The molecule has 2 rings (SSSR count). The molecule has 0 aliphatic heterocycles. The number of ether oxygens (including phenoxy) is 1. The zero-order chi connectivity index (χ0) is 22.9. The molecule has 178 valence electrons. The largest absolute Gasteiger partial charge is 0.496 e. The van der Waals surface area contributed by atoms with E-state index in [1.165, 1.54) is 0 Å². The lowest BCUT2D eigenvalue weighted by Gasteiger charge is -2.23. The number of para-hydroxylation sites is 1. The van der Waals surface area contributed by atoms with E-state index in [4.69, 9.17) is 9.73 Å². The van der Waals surface area contributed by atoms with Crippen molar-refractivity contribution in [2.45, 2.75) is 45.7 Å². The van der Waals surface area contributed by atoms with Gasteiger partial charge in [0.05, 0.1) is 19.4 Å². The Morgan fingerprint density at radius 2 is 1.72 bits per heavy atom. The van der Waals surface area contributed by atoms with E-state index in [9.17, 15) is 8.42 Å². The second kappa shape index (κ2) is 13.6. The Morgan fingerprint density at radius 3 is 2.31 bits per heavy atom. The van der Waals surface area contributed by atoms with Gasteiger partial charge in [-0.25, -0.2) is 18.1 Å². The third kappa shape index (κ3) is 9.33. The van der Waals surface area contributed by atoms with Gasteiger partial charge in [-0.15, -0.1) is 24.0 Å². The molecule has 32 heavy (non-hydrogen) atoms. The third-order valence-electron chi connectivity index (χ3n) is 4.50. The van der Waals surface area contributed by atoms with E-state index in [1.807, 2.05) is 76.3 Å². The van der Waals surface area contributed by atoms with Crippen LogP contribution in [-0.2, 0) is 28.9 Å². The summed E-state index contributed by atoms with van der Waals surface area (Å²) in [7, 11) is 0.331. The first kappa shape index (κ1) is 28.2. The van der Waals surface area contributed by atoms with Crippen LogP contribution in [0.4, 0.5) is 0 Å². The van der Waals surface area contributed by atoms with E-state index in [0.717, 1.165) is 34.9 Å². The van der Waals surface area contributed by atoms with Crippen LogP contribution in [0.25, 0.3) is 0 Å². The highest BCUT2D eigenvalue weighted by Crippen LogP contribution is 2.19. The SMILES string of the molecule is CCNC(=NCc1ccc(CS(=O)(=O)NC(C)C)cc1)N(C)Cc1ccccc1OC.I. The highest BCUT2D eigenvalue weighted by Gasteiger charge is 2.13. The summed E-state index contributed by atoms with van der Waals surface area (Å²) in [4.78, 5) is 6.79. The lowest BCUT2D eigenvalue weighted by molar-refractivity contribution is 0.396. The minimum absolute atomic E-state index is 0. The Labute approximate surface area is 209 Å². The lowest BCUT2D eigenvalue weighted by atomic mass is 10.1. The number of sulfonamides is 1. The van der Waals surface area contributed by atoms with Gasteiger partial charge in [-0.2, -0.15) is 0 Å². The van der Waals surface area contributed by atoms with Gasteiger partial charge in [0.15, 0.2) is 5.96 Å². The topological polar surface area (TPSA) is 83.0 Å². The molecule has 0 heterocycles. The van der Waals surface area contributed by atoms with Crippen LogP contribution in [0.3, 0.4) is 0 Å². The smallest absolute Gasteiger partial charge is 0.216 e. The van der Waals surface area contributed by atoms with Crippen molar-refractivity contribution in [3.63, 3.8) is 0 Å². The summed E-state index contributed by atoms with van der Waals surface area (Å²) in [6.45, 7) is 7.57. The highest BCUT2D eigenvalue weighted by molar-refractivity contribution is 14.0. The van der Waals surface area contributed by atoms with Crippen LogP contribution in [-0.4, -0.2) is 46.0 Å². The van der Waals surface area contributed by atoms with Gasteiger partial charge >= 0.3 is 0 Å². The predicted molar refractivity (Wildman–Crippen MR) is 142 cm³/mol. The average Bonchev–Trinajstić information content (AvgIpc) is 2.71. The molecule has 7 nitrogen and oxygen atoms in total. The number of rotatable bonds is 10. The van der Waals surface area contributed by atoms with Gasteiger partial charge in [-0.3, -0.25) is 0 Å². The van der Waals surface area contributed by atoms with E-state index in [2.05, 4.69) is 14.9 Å². The Bertz CT molecular complexity index is 963. The van der Waals surface area contributed by atoms with Crippen molar-refractivity contribution in [1.29, 1.82) is 0 Å². The molecule has 2 aromatic rings. The van der Waals surface area contributed by atoms with Gasteiger partial charge in [-0.05, 0) is 38.0 Å². The number of guanidine groups is 1. The molecular formula is C23H35IN4O3S. The maximum atomic E-state index is 12.1. The van der Waals surface area contributed by atoms with Crippen LogP contribution in [0.2, 0.25) is 0 Å². The normalized spacial score (nSPS) is 11.8. The lowest BCUT2D eigenvalue weighted by Crippen LogP contribution is -2.38. The molecule has 0 saturated carbocycles. The number of benzene rings is 2. The minimum atomic E-state index is -3.33. The standard InChI is InChI=1S/C23H34N4O3S.HI/c1-6-24-23(27(4)16-21-9-7-8-10-22(21)30-5)25-15-19-11-13-20(14-12-19)17-31(28,29)26-18(2)3;/h7-14,18,26H,6,15-17H2,1-5H3,(H,24,25);1H. The molecule has 2 aromatic carbocycles. The number of methoxy groups -OCH3 is 1. The summed E-state index contributed by atoms with van der Waals surface area (Å²) in [6, 6.07) is 15.4. The third-order valence-corrected chi connectivity index (χ3v) is 6.05. The van der Waals surface area contributed by atoms with Gasteiger partial charge in [0.25, 0.3) is 0 Å². The molecule has 2 N–H and O–H groups in total. The number of hydrogen-bond donors (Lipinski definition) is 2. The molecular weight excluding hydrogens is 539 g/mol. The van der Waals surface area contributed by atoms with Crippen LogP contribution in [0.1, 0.15) is 37.5 Å². The molecule has 0 aliphatic carbocycles. The van der Waals surface area contributed by atoms with Crippen LogP contribution in [0.15, 0.2) is 53.5 Å². The fraction of sp³-hybridized carbons (Fsp3) is 0.435. The van der Waals surface area contributed by atoms with Gasteiger partial charge in [0.2, 0.25) is 10.0 Å². The Hall–Kier alpha value is -1.85. The Kier molecular flexibility index (Phi) is 12.0. The van der Waals surface area contributed by atoms with E-state index < -0.39 is 10.0 Å². The maximum absolute atomic E-state index is 12.1. The van der Waals surface area contributed by atoms with E-state index in [1.54, 1.807) is 7.11 Å². The first-order valence-corrected chi connectivity index (χ1v) is 12.1. The molecule has 0 atom stereocenters. The van der Waals surface area contributed by atoms with Gasteiger partial charge < -0.3 is 15.0 Å². The molecule has 0 radical (unpaired) electrons. The predicted octanol–water partition coefficient (Wildman–Crippen LogP) is 3.74. The number of halogens is 1.